The molecule has 17 heavy (non-hydrogen) atoms. The van der Waals surface area contributed by atoms with Gasteiger partial charge in [-0.3, -0.25) is 0 Å². The molecule has 1 aromatic carbocycles. The third kappa shape index (κ3) is 2.97. The number of halogens is 2. The van der Waals surface area contributed by atoms with Gasteiger partial charge in [-0.15, -0.1) is 0 Å². The fourth-order valence-electron chi connectivity index (χ4n) is 1.28. The van der Waals surface area contributed by atoms with Crippen LogP contribution in [-0.4, -0.2) is 10.1 Å². The monoisotopic (exact) mass is 313 g/mol. The van der Waals surface area contributed by atoms with Gasteiger partial charge in [-0.25, -0.2) is 4.98 Å². The lowest BCUT2D eigenvalue weighted by Gasteiger charge is -2.08. The predicted octanol–water partition coefficient (Wildman–Crippen LogP) is 3.78. The van der Waals surface area contributed by atoms with Crippen LogP contribution in [0.3, 0.4) is 0 Å². The van der Waals surface area contributed by atoms with Gasteiger partial charge in [0.1, 0.15) is 5.75 Å². The van der Waals surface area contributed by atoms with Gasteiger partial charge in [0.15, 0.2) is 0 Å². The zero-order chi connectivity index (χ0) is 12.3. The van der Waals surface area contributed by atoms with E-state index in [0.29, 0.717) is 22.2 Å². The van der Waals surface area contributed by atoms with Gasteiger partial charge in [-0.2, -0.15) is 0 Å². The van der Waals surface area contributed by atoms with Crippen LogP contribution in [-0.2, 0) is 6.61 Å². The van der Waals surface area contributed by atoms with Crippen LogP contribution < -0.4 is 4.74 Å². The highest BCUT2D eigenvalue weighted by Gasteiger charge is 2.06. The number of aromatic nitrogens is 1. The van der Waals surface area contributed by atoms with Gasteiger partial charge in [0, 0.05) is 17.8 Å². The number of hydrogen-bond donors (Lipinski definition) is 1. The minimum Gasteiger partial charge on any atom is -0.438 e. The number of nitrogens with zero attached hydrogens (tertiary/aromatic N) is 1. The fourth-order valence-corrected chi connectivity index (χ4v) is 1.80. The fraction of sp³-hybridized carbons (Fsp3) is 0.0833. The second-order valence-electron chi connectivity index (χ2n) is 3.30. The predicted molar refractivity (Wildman–Crippen MR) is 69.4 cm³/mol. The molecule has 0 saturated heterocycles. The van der Waals surface area contributed by atoms with Gasteiger partial charge in [0.05, 0.1) is 16.1 Å². The molecule has 2 aromatic rings. The van der Waals surface area contributed by atoms with Crippen LogP contribution in [0.4, 0.5) is 0 Å². The van der Waals surface area contributed by atoms with Crippen molar-refractivity contribution in [3.05, 3.63) is 51.6 Å². The summed E-state index contributed by atoms with van der Waals surface area (Å²) in [5.41, 5.74) is 0.587. The first-order valence-corrected chi connectivity index (χ1v) is 6.05. The Hall–Kier alpha value is -1.10. The van der Waals surface area contributed by atoms with Gasteiger partial charge in [-0.1, -0.05) is 23.7 Å². The third-order valence-corrected chi connectivity index (χ3v) is 3.13. The van der Waals surface area contributed by atoms with E-state index in [4.69, 9.17) is 21.4 Å². The molecule has 0 fully saturated rings. The number of aliphatic hydroxyl groups is 1. The lowest BCUT2D eigenvalue weighted by molar-refractivity contribution is 0.281. The molecule has 1 aromatic heterocycles. The molecular weight excluding hydrogens is 305 g/mol. The van der Waals surface area contributed by atoms with Crippen molar-refractivity contribution in [3.8, 4) is 11.6 Å². The van der Waals surface area contributed by atoms with Gasteiger partial charge in [0.2, 0.25) is 5.88 Å². The number of rotatable bonds is 3. The number of hydrogen-bond acceptors (Lipinski definition) is 3. The van der Waals surface area contributed by atoms with E-state index in [9.17, 15) is 0 Å². The van der Waals surface area contributed by atoms with Crippen LogP contribution in [0.5, 0.6) is 11.6 Å². The van der Waals surface area contributed by atoms with Gasteiger partial charge >= 0.3 is 0 Å². The number of ether oxygens (including phenoxy) is 1. The molecule has 0 atom stereocenters. The van der Waals surface area contributed by atoms with Crippen molar-refractivity contribution < 1.29 is 9.84 Å². The maximum absolute atomic E-state index is 9.09. The minimum absolute atomic E-state index is 0.145. The summed E-state index contributed by atoms with van der Waals surface area (Å²) in [6.45, 7) is -0.145. The first-order valence-electron chi connectivity index (χ1n) is 4.88. The number of pyridine rings is 1. The van der Waals surface area contributed by atoms with Crippen LogP contribution in [0.2, 0.25) is 5.02 Å². The molecule has 0 aliphatic heterocycles. The summed E-state index contributed by atoms with van der Waals surface area (Å²) in [5, 5.41) is 9.51. The minimum atomic E-state index is -0.145. The molecule has 0 amide bonds. The molecule has 1 N–H and O–H groups in total. The van der Waals surface area contributed by atoms with Crippen molar-refractivity contribution in [1.82, 2.24) is 4.98 Å². The van der Waals surface area contributed by atoms with Crippen molar-refractivity contribution in [2.45, 2.75) is 6.61 Å². The summed E-state index contributed by atoms with van der Waals surface area (Å²) in [5.74, 6) is 1.05. The topological polar surface area (TPSA) is 42.4 Å². The Balaban J connectivity index is 2.28. The Morgan fingerprint density at radius 3 is 2.82 bits per heavy atom. The summed E-state index contributed by atoms with van der Waals surface area (Å²) in [7, 11) is 0. The van der Waals surface area contributed by atoms with E-state index in [2.05, 4.69) is 20.9 Å². The van der Waals surface area contributed by atoms with Gasteiger partial charge < -0.3 is 9.84 Å². The lowest BCUT2D eigenvalue weighted by Crippen LogP contribution is -1.92. The number of aliphatic hydroxyl groups excluding tert-OH is 1. The third-order valence-electron chi connectivity index (χ3n) is 2.13. The van der Waals surface area contributed by atoms with Crippen LogP contribution >= 0.6 is 27.5 Å². The standard InChI is InChI=1S/C12H9BrClNO2/c13-9-3-1-2-4-11(9)17-12-5-8(7-16)10(14)6-15-12/h1-6,16H,7H2. The average Bonchev–Trinajstić information content (AvgIpc) is 2.34. The highest BCUT2D eigenvalue weighted by molar-refractivity contribution is 9.10. The smallest absolute Gasteiger partial charge is 0.219 e. The highest BCUT2D eigenvalue weighted by atomic mass is 79.9. The first-order chi connectivity index (χ1) is 8.20. The van der Waals surface area contributed by atoms with Crippen LogP contribution in [0.25, 0.3) is 0 Å². The van der Waals surface area contributed by atoms with E-state index in [1.54, 1.807) is 6.07 Å². The molecule has 0 spiro atoms. The van der Waals surface area contributed by atoms with E-state index >= 15 is 0 Å². The van der Waals surface area contributed by atoms with Gasteiger partial charge in [-0.05, 0) is 28.1 Å². The maximum atomic E-state index is 9.09. The summed E-state index contributed by atoms with van der Waals surface area (Å²) < 4.78 is 6.41. The molecule has 0 radical (unpaired) electrons. The van der Waals surface area contributed by atoms with E-state index in [1.165, 1.54) is 6.20 Å². The second-order valence-corrected chi connectivity index (χ2v) is 4.57. The lowest BCUT2D eigenvalue weighted by atomic mass is 10.3. The zero-order valence-electron chi connectivity index (χ0n) is 8.73. The normalized spacial score (nSPS) is 10.3. The van der Waals surface area contributed by atoms with Crippen molar-refractivity contribution in [2.24, 2.45) is 0 Å². The van der Waals surface area contributed by atoms with Crippen molar-refractivity contribution in [1.29, 1.82) is 0 Å². The summed E-state index contributed by atoms with van der Waals surface area (Å²) in [4.78, 5) is 4.04. The number of benzene rings is 1. The molecule has 88 valence electrons. The van der Waals surface area contributed by atoms with Crippen LogP contribution in [0.1, 0.15) is 5.56 Å². The molecule has 3 nitrogen and oxygen atoms in total. The molecule has 0 saturated carbocycles. The van der Waals surface area contributed by atoms with Crippen LogP contribution in [0, 0.1) is 0 Å². The molecule has 0 aliphatic rings. The largest absolute Gasteiger partial charge is 0.438 e. The summed E-state index contributed by atoms with van der Waals surface area (Å²) in [6.07, 6.45) is 1.46. The van der Waals surface area contributed by atoms with Crippen molar-refractivity contribution in [3.63, 3.8) is 0 Å². The SMILES string of the molecule is OCc1cc(Oc2ccccc2Br)ncc1Cl. The molecule has 0 bridgehead atoms. The Labute approximate surface area is 112 Å². The molecule has 2 rings (SSSR count). The maximum Gasteiger partial charge on any atom is 0.219 e. The van der Waals surface area contributed by atoms with E-state index < -0.39 is 0 Å². The van der Waals surface area contributed by atoms with Crippen molar-refractivity contribution in [2.75, 3.05) is 0 Å². The van der Waals surface area contributed by atoms with Crippen molar-refractivity contribution >= 4 is 27.5 Å². The molecule has 0 unspecified atom stereocenters. The Kier molecular flexibility index (Phi) is 3.99. The zero-order valence-corrected chi connectivity index (χ0v) is 11.1. The van der Waals surface area contributed by atoms with E-state index in [1.807, 2.05) is 24.3 Å². The Morgan fingerprint density at radius 1 is 1.35 bits per heavy atom. The first kappa shape index (κ1) is 12.4. The number of para-hydroxylation sites is 1. The summed E-state index contributed by atoms with van der Waals surface area (Å²) in [6, 6.07) is 9.06. The quantitative estimate of drug-likeness (QED) is 0.937. The molecule has 0 aliphatic carbocycles. The molecular formula is C12H9BrClNO2. The van der Waals surface area contributed by atoms with Crippen LogP contribution in [0.15, 0.2) is 41.0 Å². The molecule has 1 heterocycles. The summed E-state index contributed by atoms with van der Waals surface area (Å²) >= 11 is 9.22. The average molecular weight is 315 g/mol. The Bertz CT molecular complexity index is 534. The van der Waals surface area contributed by atoms with E-state index in [0.717, 1.165) is 4.47 Å². The second kappa shape index (κ2) is 5.49. The Morgan fingerprint density at radius 2 is 2.12 bits per heavy atom. The highest BCUT2D eigenvalue weighted by Crippen LogP contribution is 2.29. The van der Waals surface area contributed by atoms with Gasteiger partial charge in [0.25, 0.3) is 0 Å². The van der Waals surface area contributed by atoms with E-state index in [-0.39, 0.29) is 6.61 Å². The molecule has 5 heteroatoms.